The molecule has 0 unspecified atom stereocenters. The molecule has 0 aliphatic carbocycles. The van der Waals surface area contributed by atoms with Crippen molar-refractivity contribution in [1.29, 1.82) is 0 Å². The quantitative estimate of drug-likeness (QED) is 0.736. The van der Waals surface area contributed by atoms with Gasteiger partial charge in [0.15, 0.2) is 11.6 Å². The predicted octanol–water partition coefficient (Wildman–Crippen LogP) is 2.33. The lowest BCUT2D eigenvalue weighted by Crippen LogP contribution is -2.03. The van der Waals surface area contributed by atoms with Gasteiger partial charge < -0.3 is 5.73 Å². The van der Waals surface area contributed by atoms with E-state index in [1.165, 1.54) is 18.2 Å². The van der Waals surface area contributed by atoms with Crippen LogP contribution >= 0.6 is 0 Å². The van der Waals surface area contributed by atoms with Gasteiger partial charge in [-0.3, -0.25) is 0 Å². The van der Waals surface area contributed by atoms with E-state index in [1.807, 2.05) is 0 Å². The van der Waals surface area contributed by atoms with Crippen molar-refractivity contribution in [2.75, 3.05) is 5.73 Å². The van der Waals surface area contributed by atoms with E-state index in [1.54, 1.807) is 0 Å². The molecule has 0 radical (unpaired) electrons. The van der Waals surface area contributed by atoms with Crippen LogP contribution < -0.4 is 5.73 Å². The number of hydrogen-bond acceptors (Lipinski definition) is 4. The maximum atomic E-state index is 13.8. The Balaban J connectivity index is 2.14. The monoisotopic (exact) mass is 291 g/mol. The summed E-state index contributed by atoms with van der Waals surface area (Å²) in [6.45, 7) is 0. The molecule has 0 spiro atoms. The van der Waals surface area contributed by atoms with E-state index in [9.17, 15) is 13.2 Å². The standard InChI is InChI=1S/C13H8F3N5/c14-8-2-4-12(10(16)6-8)21-13(18-19-20-21)7-1-3-9(15)11(17)5-7/h1-6H,17H2. The first-order chi connectivity index (χ1) is 10.1. The van der Waals surface area contributed by atoms with Gasteiger partial charge in [0.1, 0.15) is 17.3 Å². The normalized spacial score (nSPS) is 10.8. The maximum Gasteiger partial charge on any atom is 0.187 e. The highest BCUT2D eigenvalue weighted by Gasteiger charge is 2.15. The van der Waals surface area contributed by atoms with Gasteiger partial charge in [0.25, 0.3) is 0 Å². The van der Waals surface area contributed by atoms with Gasteiger partial charge in [0.2, 0.25) is 0 Å². The summed E-state index contributed by atoms with van der Waals surface area (Å²) < 4.78 is 41.0. The van der Waals surface area contributed by atoms with E-state index in [0.717, 1.165) is 22.9 Å². The minimum Gasteiger partial charge on any atom is -0.396 e. The minimum atomic E-state index is -0.821. The average molecular weight is 291 g/mol. The third kappa shape index (κ3) is 2.31. The lowest BCUT2D eigenvalue weighted by Gasteiger charge is -2.06. The molecule has 0 saturated carbocycles. The van der Waals surface area contributed by atoms with Crippen LogP contribution in [0.3, 0.4) is 0 Å². The number of halogens is 3. The summed E-state index contributed by atoms with van der Waals surface area (Å²) >= 11 is 0. The molecule has 0 amide bonds. The number of anilines is 1. The number of hydrogen-bond donors (Lipinski definition) is 1. The highest BCUT2D eigenvalue weighted by atomic mass is 19.1. The fourth-order valence-corrected chi connectivity index (χ4v) is 1.87. The van der Waals surface area contributed by atoms with Crippen molar-refractivity contribution in [2.24, 2.45) is 0 Å². The molecule has 0 aliphatic heterocycles. The number of nitrogens with two attached hydrogens (primary N) is 1. The summed E-state index contributed by atoms with van der Waals surface area (Å²) in [6, 6.07) is 6.92. The Bertz CT molecular complexity index is 815. The molecule has 106 valence electrons. The van der Waals surface area contributed by atoms with Crippen LogP contribution in [0, 0.1) is 17.5 Å². The molecule has 0 fully saturated rings. The van der Waals surface area contributed by atoms with Crippen LogP contribution in [0.2, 0.25) is 0 Å². The van der Waals surface area contributed by atoms with E-state index < -0.39 is 17.5 Å². The smallest absolute Gasteiger partial charge is 0.187 e. The van der Waals surface area contributed by atoms with Gasteiger partial charge in [0.05, 0.1) is 5.69 Å². The topological polar surface area (TPSA) is 69.6 Å². The first-order valence-electron chi connectivity index (χ1n) is 5.85. The summed E-state index contributed by atoms with van der Waals surface area (Å²) in [7, 11) is 0. The number of nitrogen functional groups attached to an aromatic ring is 1. The fraction of sp³-hybridized carbons (Fsp3) is 0. The third-order valence-electron chi connectivity index (χ3n) is 2.86. The molecular weight excluding hydrogens is 283 g/mol. The lowest BCUT2D eigenvalue weighted by molar-refractivity contribution is 0.572. The molecular formula is C13H8F3N5. The molecule has 0 bridgehead atoms. The first-order valence-corrected chi connectivity index (χ1v) is 5.85. The van der Waals surface area contributed by atoms with Gasteiger partial charge in [-0.15, -0.1) is 5.10 Å². The van der Waals surface area contributed by atoms with Crippen molar-refractivity contribution in [1.82, 2.24) is 20.2 Å². The molecule has 2 aromatic carbocycles. The second-order valence-corrected chi connectivity index (χ2v) is 4.25. The Morgan fingerprint density at radius 3 is 2.48 bits per heavy atom. The van der Waals surface area contributed by atoms with Crippen molar-refractivity contribution in [3.05, 3.63) is 53.8 Å². The predicted molar refractivity (Wildman–Crippen MR) is 68.9 cm³/mol. The minimum absolute atomic E-state index is 0.0284. The van der Waals surface area contributed by atoms with E-state index >= 15 is 0 Å². The van der Waals surface area contributed by atoms with Crippen molar-refractivity contribution >= 4 is 5.69 Å². The Hall–Kier alpha value is -2.90. The van der Waals surface area contributed by atoms with Crippen molar-refractivity contribution in [3.8, 4) is 17.1 Å². The molecule has 2 N–H and O–H groups in total. The molecule has 1 heterocycles. The van der Waals surface area contributed by atoms with Crippen LogP contribution in [0.4, 0.5) is 18.9 Å². The molecule has 0 saturated heterocycles. The van der Waals surface area contributed by atoms with Crippen LogP contribution in [0.25, 0.3) is 17.1 Å². The molecule has 3 rings (SSSR count). The lowest BCUT2D eigenvalue weighted by atomic mass is 10.2. The number of rotatable bonds is 2. The second-order valence-electron chi connectivity index (χ2n) is 4.25. The van der Waals surface area contributed by atoms with Crippen LogP contribution in [0.15, 0.2) is 36.4 Å². The summed E-state index contributed by atoms with van der Waals surface area (Å²) in [5.41, 5.74) is 5.78. The molecule has 5 nitrogen and oxygen atoms in total. The Morgan fingerprint density at radius 1 is 0.952 bits per heavy atom. The summed E-state index contributed by atoms with van der Waals surface area (Å²) in [5, 5.41) is 10.9. The highest BCUT2D eigenvalue weighted by Crippen LogP contribution is 2.24. The molecule has 21 heavy (non-hydrogen) atoms. The van der Waals surface area contributed by atoms with Gasteiger partial charge in [-0.1, -0.05) is 0 Å². The van der Waals surface area contributed by atoms with Gasteiger partial charge in [-0.2, -0.15) is 4.68 Å². The van der Waals surface area contributed by atoms with Gasteiger partial charge in [0, 0.05) is 11.6 Å². The molecule has 0 aliphatic rings. The van der Waals surface area contributed by atoms with Crippen molar-refractivity contribution < 1.29 is 13.2 Å². The van der Waals surface area contributed by atoms with Gasteiger partial charge in [-0.25, -0.2) is 13.2 Å². The zero-order chi connectivity index (χ0) is 15.0. The maximum absolute atomic E-state index is 13.8. The van der Waals surface area contributed by atoms with Crippen LogP contribution in [0.1, 0.15) is 0 Å². The van der Waals surface area contributed by atoms with E-state index in [2.05, 4.69) is 15.5 Å². The number of tetrazole rings is 1. The largest absolute Gasteiger partial charge is 0.396 e. The van der Waals surface area contributed by atoms with Crippen LogP contribution in [-0.4, -0.2) is 20.2 Å². The number of nitrogens with zero attached hydrogens (tertiary/aromatic N) is 4. The molecule has 3 aromatic rings. The first kappa shape index (κ1) is 13.1. The Kier molecular flexibility index (Phi) is 3.05. The zero-order valence-corrected chi connectivity index (χ0v) is 10.5. The second kappa shape index (κ2) is 4.89. The number of benzene rings is 2. The molecule has 0 atom stereocenters. The Morgan fingerprint density at radius 2 is 1.76 bits per heavy atom. The Labute approximate surface area is 116 Å². The van der Waals surface area contributed by atoms with Crippen LogP contribution in [-0.2, 0) is 0 Å². The van der Waals surface area contributed by atoms with Gasteiger partial charge >= 0.3 is 0 Å². The zero-order valence-electron chi connectivity index (χ0n) is 10.5. The van der Waals surface area contributed by atoms with Crippen LogP contribution in [0.5, 0.6) is 0 Å². The highest BCUT2D eigenvalue weighted by molar-refractivity contribution is 5.63. The average Bonchev–Trinajstić information content (AvgIpc) is 2.91. The SMILES string of the molecule is Nc1cc(-c2nnnn2-c2ccc(F)cc2F)ccc1F. The number of aromatic nitrogens is 4. The van der Waals surface area contributed by atoms with E-state index in [4.69, 9.17) is 5.73 Å². The summed E-state index contributed by atoms with van der Waals surface area (Å²) in [5.74, 6) is -1.95. The van der Waals surface area contributed by atoms with E-state index in [0.29, 0.717) is 5.56 Å². The summed E-state index contributed by atoms with van der Waals surface area (Å²) in [6.07, 6.45) is 0. The summed E-state index contributed by atoms with van der Waals surface area (Å²) in [4.78, 5) is 0. The van der Waals surface area contributed by atoms with E-state index in [-0.39, 0.29) is 17.2 Å². The third-order valence-corrected chi connectivity index (χ3v) is 2.86. The van der Waals surface area contributed by atoms with Crippen molar-refractivity contribution in [2.45, 2.75) is 0 Å². The van der Waals surface area contributed by atoms with Gasteiger partial charge in [-0.05, 0) is 40.8 Å². The molecule has 1 aromatic heterocycles. The van der Waals surface area contributed by atoms with Crippen molar-refractivity contribution in [3.63, 3.8) is 0 Å². The fourth-order valence-electron chi connectivity index (χ4n) is 1.87. The molecule has 8 heteroatoms.